The van der Waals surface area contributed by atoms with Gasteiger partial charge in [-0.3, -0.25) is 4.90 Å². The van der Waals surface area contributed by atoms with Gasteiger partial charge in [0.1, 0.15) is 0 Å². The van der Waals surface area contributed by atoms with Crippen LogP contribution in [0, 0.1) is 0 Å². The minimum atomic E-state index is -2.95. The number of carboxylic acids is 1. The number of carbonyl (C=O) groups is 2. The van der Waals surface area contributed by atoms with E-state index >= 15 is 0 Å². The quantitative estimate of drug-likeness (QED) is 0.736. The van der Waals surface area contributed by atoms with Gasteiger partial charge in [0.2, 0.25) is 0 Å². The molecule has 3 rings (SSSR count). The molecule has 0 spiro atoms. The number of hydrogen-bond donors (Lipinski definition) is 2. The van der Waals surface area contributed by atoms with Gasteiger partial charge >= 0.3 is 12.1 Å². The van der Waals surface area contributed by atoms with Crippen molar-refractivity contribution in [1.82, 2.24) is 4.90 Å². The van der Waals surface area contributed by atoms with Crippen LogP contribution >= 0.6 is 0 Å². The summed E-state index contributed by atoms with van der Waals surface area (Å²) in [6.45, 7) is 6.48. The van der Waals surface area contributed by atoms with E-state index in [0.717, 1.165) is 15.3 Å². The van der Waals surface area contributed by atoms with E-state index in [1.165, 1.54) is 0 Å². The molecule has 1 amide bonds. The third-order valence-electron chi connectivity index (χ3n) is 5.59. The molecule has 1 heterocycles. The van der Waals surface area contributed by atoms with Gasteiger partial charge in [0.05, 0.1) is 6.10 Å². The minimum Gasteiger partial charge on any atom is -0.480 e. The molecule has 1 aliphatic rings. The first-order valence-corrected chi connectivity index (χ1v) is 11.6. The lowest BCUT2D eigenvalue weighted by Gasteiger charge is -2.45. The van der Waals surface area contributed by atoms with Crippen molar-refractivity contribution in [3.63, 3.8) is 0 Å². The highest BCUT2D eigenvalue weighted by Crippen LogP contribution is 2.39. The van der Waals surface area contributed by atoms with E-state index in [4.69, 9.17) is 4.43 Å². The first-order chi connectivity index (χ1) is 13.7. The second-order valence-electron chi connectivity index (χ2n) is 8.37. The molecule has 0 radical (unpaired) electrons. The molecule has 7 heteroatoms. The van der Waals surface area contributed by atoms with E-state index < -0.39 is 32.5 Å². The lowest BCUT2D eigenvalue weighted by atomic mass is 10.2. The van der Waals surface area contributed by atoms with Gasteiger partial charge in [-0.15, -0.1) is 0 Å². The molecule has 2 aromatic rings. The average Bonchev–Trinajstić information content (AvgIpc) is 3.10. The minimum absolute atomic E-state index is 0.148. The fraction of sp³-hybridized carbons (Fsp3) is 0.364. The van der Waals surface area contributed by atoms with Crippen molar-refractivity contribution in [3.05, 3.63) is 60.7 Å². The number of hydrogen-bond acceptors (Lipinski definition) is 3. The molecule has 0 saturated carbocycles. The fourth-order valence-corrected chi connectivity index (χ4v) is 9.03. The van der Waals surface area contributed by atoms with Gasteiger partial charge < -0.3 is 14.6 Å². The summed E-state index contributed by atoms with van der Waals surface area (Å²) in [5, 5.41) is 21.0. The molecule has 1 aliphatic heterocycles. The predicted octanol–water partition coefficient (Wildman–Crippen LogP) is 2.77. The standard InChI is InChI=1S/C22H27NO5Si/c1-22(2,3)29(16-10-6-4-7-11-16,17-12-8-5-9-13-17)28-18-14-15-23(21(26)27)19(18)20(24)25/h4-13,18-19H,14-15H2,1-3H3,(H,24,25)(H,26,27)/t18-,19-/m0/s1. The molecule has 0 unspecified atom stereocenters. The number of aliphatic carboxylic acids is 1. The first-order valence-electron chi connectivity index (χ1n) is 9.69. The molecule has 1 fully saturated rings. The van der Waals surface area contributed by atoms with Crippen molar-refractivity contribution < 1.29 is 24.2 Å². The summed E-state index contributed by atoms with van der Waals surface area (Å²) >= 11 is 0. The summed E-state index contributed by atoms with van der Waals surface area (Å²) in [5.74, 6) is -1.17. The van der Waals surface area contributed by atoms with Crippen LogP contribution < -0.4 is 10.4 Å². The molecule has 6 nitrogen and oxygen atoms in total. The van der Waals surface area contributed by atoms with Crippen molar-refractivity contribution in [2.24, 2.45) is 0 Å². The summed E-state index contributed by atoms with van der Waals surface area (Å²) in [6, 6.07) is 18.6. The highest BCUT2D eigenvalue weighted by Gasteiger charge is 2.55. The molecule has 2 aromatic carbocycles. The molecule has 1 saturated heterocycles. The topological polar surface area (TPSA) is 87.1 Å². The molecule has 29 heavy (non-hydrogen) atoms. The number of rotatable bonds is 5. The van der Waals surface area contributed by atoms with Crippen LogP contribution in [0.4, 0.5) is 4.79 Å². The zero-order chi connectivity index (χ0) is 21.2. The van der Waals surface area contributed by atoms with Gasteiger partial charge in [-0.1, -0.05) is 81.4 Å². The summed E-state index contributed by atoms with van der Waals surface area (Å²) < 4.78 is 6.84. The molecular formula is C22H27NO5Si. The van der Waals surface area contributed by atoms with Crippen LogP contribution in [-0.2, 0) is 9.22 Å². The van der Waals surface area contributed by atoms with Crippen LogP contribution in [0.25, 0.3) is 0 Å². The maximum Gasteiger partial charge on any atom is 0.408 e. The number of carboxylic acid groups (broad SMARTS) is 2. The Morgan fingerprint density at radius 3 is 1.83 bits per heavy atom. The van der Waals surface area contributed by atoms with Gasteiger partial charge in [-0.05, 0) is 21.8 Å². The van der Waals surface area contributed by atoms with Crippen LogP contribution in [0.1, 0.15) is 27.2 Å². The van der Waals surface area contributed by atoms with E-state index in [1.807, 2.05) is 60.7 Å². The van der Waals surface area contributed by atoms with Crippen molar-refractivity contribution in [2.45, 2.75) is 44.4 Å². The van der Waals surface area contributed by atoms with Gasteiger partial charge in [0.15, 0.2) is 6.04 Å². The molecule has 2 N–H and O–H groups in total. The Balaban J connectivity index is 2.16. The van der Waals surface area contributed by atoms with Crippen LogP contribution in [0.2, 0.25) is 5.04 Å². The summed E-state index contributed by atoms with van der Waals surface area (Å²) in [6.07, 6.45) is -1.59. The van der Waals surface area contributed by atoms with Gasteiger partial charge in [0.25, 0.3) is 8.32 Å². The van der Waals surface area contributed by atoms with Crippen molar-refractivity contribution >= 4 is 30.8 Å². The molecule has 0 bridgehead atoms. The van der Waals surface area contributed by atoms with Gasteiger partial charge in [-0.25, -0.2) is 9.59 Å². The SMILES string of the molecule is CC(C)(C)[Si](O[C@H]1CCN(C(=O)O)[C@@H]1C(=O)O)(c1ccccc1)c1ccccc1. The summed E-state index contributed by atoms with van der Waals surface area (Å²) in [5.41, 5.74) is 0. The second-order valence-corrected chi connectivity index (χ2v) is 12.6. The van der Waals surface area contributed by atoms with Crippen LogP contribution in [0.15, 0.2) is 60.7 Å². The Kier molecular flexibility index (Phi) is 5.82. The molecule has 2 atom stereocenters. The van der Waals surface area contributed by atoms with E-state index in [1.54, 1.807) is 0 Å². The normalized spacial score (nSPS) is 19.9. The lowest BCUT2D eigenvalue weighted by molar-refractivity contribution is -0.144. The van der Waals surface area contributed by atoms with Gasteiger partial charge in [0, 0.05) is 6.54 Å². The molecular weight excluding hydrogens is 386 g/mol. The smallest absolute Gasteiger partial charge is 0.408 e. The lowest BCUT2D eigenvalue weighted by Crippen LogP contribution is -2.68. The highest BCUT2D eigenvalue weighted by atomic mass is 28.4. The Labute approximate surface area is 171 Å². The fourth-order valence-electron chi connectivity index (χ4n) is 4.31. The zero-order valence-corrected chi connectivity index (χ0v) is 17.9. The van der Waals surface area contributed by atoms with E-state index in [9.17, 15) is 19.8 Å². The van der Waals surface area contributed by atoms with Crippen LogP contribution in [-0.4, -0.2) is 54.2 Å². The summed E-state index contributed by atoms with van der Waals surface area (Å²) in [4.78, 5) is 24.5. The number of likely N-dealkylation sites (tertiary alicyclic amines) is 1. The first kappa shape index (κ1) is 21.1. The van der Waals surface area contributed by atoms with Crippen LogP contribution in [0.5, 0.6) is 0 Å². The second kappa shape index (κ2) is 8.00. The Morgan fingerprint density at radius 1 is 0.966 bits per heavy atom. The largest absolute Gasteiger partial charge is 0.480 e. The van der Waals surface area contributed by atoms with Crippen molar-refractivity contribution in [2.75, 3.05) is 6.54 Å². The molecule has 154 valence electrons. The summed E-state index contributed by atoms with van der Waals surface area (Å²) in [7, 11) is -2.95. The average molecular weight is 414 g/mol. The Morgan fingerprint density at radius 2 is 1.45 bits per heavy atom. The van der Waals surface area contributed by atoms with E-state index in [-0.39, 0.29) is 11.6 Å². The molecule has 0 aliphatic carbocycles. The van der Waals surface area contributed by atoms with Crippen LogP contribution in [0.3, 0.4) is 0 Å². The Hall–Kier alpha value is -2.64. The van der Waals surface area contributed by atoms with Crippen molar-refractivity contribution in [1.29, 1.82) is 0 Å². The maximum atomic E-state index is 12.0. The van der Waals surface area contributed by atoms with E-state index in [2.05, 4.69) is 20.8 Å². The number of amides is 1. The van der Waals surface area contributed by atoms with Gasteiger partial charge in [-0.2, -0.15) is 0 Å². The third kappa shape index (κ3) is 3.80. The monoisotopic (exact) mass is 413 g/mol. The number of benzene rings is 2. The Bertz CT molecular complexity index is 826. The molecule has 0 aromatic heterocycles. The maximum absolute atomic E-state index is 12.0. The van der Waals surface area contributed by atoms with E-state index in [0.29, 0.717) is 6.42 Å². The predicted molar refractivity (Wildman–Crippen MR) is 113 cm³/mol. The van der Waals surface area contributed by atoms with Crippen molar-refractivity contribution in [3.8, 4) is 0 Å². The highest BCUT2D eigenvalue weighted by molar-refractivity contribution is 6.99. The third-order valence-corrected chi connectivity index (χ3v) is 10.6. The zero-order valence-electron chi connectivity index (χ0n) is 16.9. The number of nitrogens with zero attached hydrogens (tertiary/aromatic N) is 1.